The fourth-order valence-electron chi connectivity index (χ4n) is 2.57. The molecule has 0 radical (unpaired) electrons. The topological polar surface area (TPSA) is 86.5 Å². The van der Waals surface area contributed by atoms with Gasteiger partial charge in [0.25, 0.3) is 5.91 Å². The number of H-pyrrole nitrogens is 2. The van der Waals surface area contributed by atoms with Crippen LogP contribution in [0, 0.1) is 12.7 Å². The van der Waals surface area contributed by atoms with Crippen molar-refractivity contribution in [1.29, 1.82) is 0 Å². The number of hydrogen-bond donors (Lipinski definition) is 3. The van der Waals surface area contributed by atoms with E-state index in [-0.39, 0.29) is 17.8 Å². The lowest BCUT2D eigenvalue weighted by atomic mass is 10.1. The number of nitrogens with one attached hydrogen (secondary N) is 3. The van der Waals surface area contributed by atoms with Crippen LogP contribution in [-0.2, 0) is 6.42 Å². The van der Waals surface area contributed by atoms with Crippen molar-refractivity contribution >= 4 is 5.91 Å². The molecule has 0 aliphatic carbocycles. The summed E-state index contributed by atoms with van der Waals surface area (Å²) in [6.45, 7) is 3.83. The molecule has 1 aromatic carbocycles. The minimum atomic E-state index is -0.365. The van der Waals surface area contributed by atoms with Crippen LogP contribution in [0.5, 0.6) is 0 Å². The first-order valence-corrected chi connectivity index (χ1v) is 7.64. The molecule has 1 amide bonds. The van der Waals surface area contributed by atoms with Gasteiger partial charge in [0.05, 0.1) is 23.1 Å². The van der Waals surface area contributed by atoms with Crippen molar-refractivity contribution in [1.82, 2.24) is 25.7 Å². The molecular formula is C17H18FN5O. The molecule has 0 fully saturated rings. The van der Waals surface area contributed by atoms with Crippen LogP contribution < -0.4 is 5.32 Å². The van der Waals surface area contributed by atoms with E-state index < -0.39 is 0 Å². The van der Waals surface area contributed by atoms with Gasteiger partial charge in [-0.15, -0.1) is 0 Å². The van der Waals surface area contributed by atoms with E-state index in [2.05, 4.69) is 25.7 Å². The van der Waals surface area contributed by atoms with Crippen LogP contribution in [-0.4, -0.2) is 32.3 Å². The van der Waals surface area contributed by atoms with E-state index in [1.165, 1.54) is 18.3 Å². The van der Waals surface area contributed by atoms with Gasteiger partial charge in [0.15, 0.2) is 0 Å². The van der Waals surface area contributed by atoms with E-state index in [4.69, 9.17) is 0 Å². The molecule has 24 heavy (non-hydrogen) atoms. The Balaban J connectivity index is 1.73. The van der Waals surface area contributed by atoms with Gasteiger partial charge in [-0.25, -0.2) is 4.39 Å². The maximum atomic E-state index is 13.4. The Bertz CT molecular complexity index is 854. The Morgan fingerprint density at radius 1 is 1.33 bits per heavy atom. The normalized spacial score (nSPS) is 12.1. The molecule has 0 aliphatic rings. The number of aryl methyl sites for hydroxylation is 1. The third kappa shape index (κ3) is 3.51. The molecule has 124 valence electrons. The van der Waals surface area contributed by atoms with Gasteiger partial charge in [-0.05, 0) is 32.0 Å². The fraction of sp³-hybridized carbons (Fsp3) is 0.235. The van der Waals surface area contributed by atoms with Gasteiger partial charge in [-0.2, -0.15) is 10.2 Å². The maximum absolute atomic E-state index is 13.4. The largest absolute Gasteiger partial charge is 0.349 e. The summed E-state index contributed by atoms with van der Waals surface area (Å²) in [5, 5.41) is 16.6. The molecule has 0 bridgehead atoms. The van der Waals surface area contributed by atoms with E-state index in [1.807, 2.05) is 19.9 Å². The van der Waals surface area contributed by atoms with Gasteiger partial charge in [0.1, 0.15) is 5.82 Å². The number of rotatable bonds is 5. The zero-order valence-corrected chi connectivity index (χ0v) is 13.4. The summed E-state index contributed by atoms with van der Waals surface area (Å²) < 4.78 is 13.4. The number of carbonyl (C=O) groups is 1. The van der Waals surface area contributed by atoms with E-state index >= 15 is 0 Å². The van der Waals surface area contributed by atoms with Crippen LogP contribution >= 0.6 is 0 Å². The first-order chi connectivity index (χ1) is 11.5. The summed E-state index contributed by atoms with van der Waals surface area (Å²) >= 11 is 0. The van der Waals surface area contributed by atoms with E-state index in [9.17, 15) is 9.18 Å². The number of benzene rings is 1. The Kier molecular flexibility index (Phi) is 4.41. The Morgan fingerprint density at radius 3 is 2.88 bits per heavy atom. The first-order valence-electron chi connectivity index (χ1n) is 7.64. The van der Waals surface area contributed by atoms with Gasteiger partial charge < -0.3 is 5.32 Å². The molecule has 1 atom stereocenters. The summed E-state index contributed by atoms with van der Waals surface area (Å²) in [6, 6.07) is 7.88. The molecule has 0 spiro atoms. The summed E-state index contributed by atoms with van der Waals surface area (Å²) in [5.74, 6) is -0.626. The lowest BCUT2D eigenvalue weighted by Gasteiger charge is -2.12. The summed E-state index contributed by atoms with van der Waals surface area (Å²) in [7, 11) is 0. The molecule has 6 nitrogen and oxygen atoms in total. The first kappa shape index (κ1) is 15.9. The van der Waals surface area contributed by atoms with Gasteiger partial charge >= 0.3 is 0 Å². The second-order valence-electron chi connectivity index (χ2n) is 5.79. The van der Waals surface area contributed by atoms with E-state index in [0.29, 0.717) is 23.2 Å². The highest BCUT2D eigenvalue weighted by molar-refractivity contribution is 5.99. The SMILES string of the molecule is Cc1cc(CC(C)NC(=O)c2cn[nH]c2-c2cccc(F)c2)n[nH]1. The van der Waals surface area contributed by atoms with Crippen molar-refractivity contribution in [3.63, 3.8) is 0 Å². The summed E-state index contributed by atoms with van der Waals surface area (Å²) in [5.41, 5.74) is 3.32. The van der Waals surface area contributed by atoms with Crippen LogP contribution in [0.25, 0.3) is 11.3 Å². The molecule has 3 rings (SSSR count). The maximum Gasteiger partial charge on any atom is 0.255 e. The number of aromatic amines is 2. The second-order valence-corrected chi connectivity index (χ2v) is 5.79. The number of amides is 1. The highest BCUT2D eigenvalue weighted by Gasteiger charge is 2.18. The molecule has 2 heterocycles. The van der Waals surface area contributed by atoms with E-state index in [0.717, 1.165) is 11.4 Å². The van der Waals surface area contributed by atoms with Gasteiger partial charge in [0, 0.05) is 23.7 Å². The third-order valence-electron chi connectivity index (χ3n) is 3.65. The van der Waals surface area contributed by atoms with E-state index in [1.54, 1.807) is 12.1 Å². The van der Waals surface area contributed by atoms with Crippen molar-refractivity contribution in [2.45, 2.75) is 26.3 Å². The number of aromatic nitrogens is 4. The monoisotopic (exact) mass is 327 g/mol. The molecule has 0 saturated carbocycles. The highest BCUT2D eigenvalue weighted by Crippen LogP contribution is 2.21. The van der Waals surface area contributed by atoms with Crippen LogP contribution in [0.1, 0.15) is 28.7 Å². The molecule has 2 aromatic heterocycles. The van der Waals surface area contributed by atoms with Crippen LogP contribution in [0.2, 0.25) is 0 Å². The second kappa shape index (κ2) is 6.66. The zero-order chi connectivity index (χ0) is 17.1. The lowest BCUT2D eigenvalue weighted by Crippen LogP contribution is -2.34. The van der Waals surface area contributed by atoms with Gasteiger partial charge in [-0.1, -0.05) is 12.1 Å². The van der Waals surface area contributed by atoms with Gasteiger partial charge in [0.2, 0.25) is 0 Å². The molecule has 1 unspecified atom stereocenters. The van der Waals surface area contributed by atoms with Crippen LogP contribution in [0.3, 0.4) is 0 Å². The molecule has 3 N–H and O–H groups in total. The smallest absolute Gasteiger partial charge is 0.255 e. The fourth-order valence-corrected chi connectivity index (χ4v) is 2.57. The Hall–Kier alpha value is -2.96. The zero-order valence-electron chi connectivity index (χ0n) is 13.4. The Labute approximate surface area is 138 Å². The number of halogens is 1. The van der Waals surface area contributed by atoms with Crippen molar-refractivity contribution in [2.24, 2.45) is 0 Å². The number of hydrogen-bond acceptors (Lipinski definition) is 3. The van der Waals surface area contributed by atoms with Gasteiger partial charge in [-0.3, -0.25) is 15.0 Å². The number of nitrogens with zero attached hydrogens (tertiary/aromatic N) is 2. The molecule has 7 heteroatoms. The minimum Gasteiger partial charge on any atom is -0.349 e. The van der Waals surface area contributed by atoms with Crippen molar-refractivity contribution < 1.29 is 9.18 Å². The standard InChI is InChI=1S/C17H18FN5O/c1-10(6-14-7-11(2)21-22-14)20-17(24)15-9-19-23-16(15)12-4-3-5-13(18)8-12/h3-5,7-10H,6H2,1-2H3,(H,19,23)(H,20,24)(H,21,22). The number of carbonyl (C=O) groups excluding carboxylic acids is 1. The lowest BCUT2D eigenvalue weighted by molar-refractivity contribution is 0.0940. The van der Waals surface area contributed by atoms with Crippen molar-refractivity contribution in [3.05, 3.63) is 59.3 Å². The quantitative estimate of drug-likeness (QED) is 0.673. The van der Waals surface area contributed by atoms with Crippen molar-refractivity contribution in [2.75, 3.05) is 0 Å². The molecule has 3 aromatic rings. The average Bonchev–Trinajstić information content (AvgIpc) is 3.16. The van der Waals surface area contributed by atoms with Crippen LogP contribution in [0.15, 0.2) is 36.5 Å². The summed E-state index contributed by atoms with van der Waals surface area (Å²) in [6.07, 6.45) is 2.06. The highest BCUT2D eigenvalue weighted by atomic mass is 19.1. The molecular weight excluding hydrogens is 309 g/mol. The van der Waals surface area contributed by atoms with Crippen LogP contribution in [0.4, 0.5) is 4.39 Å². The Morgan fingerprint density at radius 2 is 2.17 bits per heavy atom. The minimum absolute atomic E-state index is 0.101. The van der Waals surface area contributed by atoms with Crippen molar-refractivity contribution in [3.8, 4) is 11.3 Å². The predicted octanol–water partition coefficient (Wildman–Crippen LogP) is 2.61. The third-order valence-corrected chi connectivity index (χ3v) is 3.65. The molecule has 0 aliphatic heterocycles. The average molecular weight is 327 g/mol. The predicted molar refractivity (Wildman–Crippen MR) is 87.9 cm³/mol. The summed E-state index contributed by atoms with van der Waals surface area (Å²) in [4.78, 5) is 12.5. The molecule has 0 saturated heterocycles.